The molecule has 0 saturated heterocycles. The van der Waals surface area contributed by atoms with Gasteiger partial charge in [-0.15, -0.1) is 0 Å². The topological polar surface area (TPSA) is 62.0 Å². The Kier molecular flexibility index (Phi) is 4.55. The fraction of sp³-hybridized carbons (Fsp3) is 0.333. The highest BCUT2D eigenvalue weighted by Crippen LogP contribution is 2.16. The number of nitrogens with one attached hydrogen (secondary N) is 2. The smallest absolute Gasteiger partial charge is 0.257 e. The lowest BCUT2D eigenvalue weighted by Gasteiger charge is -2.09. The molecule has 1 aliphatic rings. The molecule has 0 bridgehead atoms. The number of rotatable bonds is 3. The Balaban J connectivity index is 1.76. The molecule has 1 amide bonds. The van der Waals surface area contributed by atoms with Crippen LogP contribution in [0.2, 0.25) is 0 Å². The van der Waals surface area contributed by atoms with Crippen molar-refractivity contribution in [2.75, 3.05) is 0 Å². The molecular weight excluding hydrogens is 295 g/mol. The second-order valence-electron chi connectivity index (χ2n) is 5.86. The van der Waals surface area contributed by atoms with E-state index in [9.17, 15) is 14.0 Å². The van der Waals surface area contributed by atoms with Crippen LogP contribution in [0.15, 0.2) is 35.3 Å². The zero-order valence-corrected chi connectivity index (χ0v) is 12.8. The van der Waals surface area contributed by atoms with Crippen LogP contribution in [-0.4, -0.2) is 10.9 Å². The number of aryl methyl sites for hydroxylation is 1. The number of carbonyl (C=O) groups excluding carboxylic acids is 1. The number of pyridine rings is 1. The Morgan fingerprint density at radius 3 is 2.65 bits per heavy atom. The van der Waals surface area contributed by atoms with Crippen molar-refractivity contribution < 1.29 is 9.18 Å². The first-order valence-electron chi connectivity index (χ1n) is 7.91. The van der Waals surface area contributed by atoms with Gasteiger partial charge in [-0.1, -0.05) is 18.6 Å². The summed E-state index contributed by atoms with van der Waals surface area (Å²) in [4.78, 5) is 27.9. The predicted octanol–water partition coefficient (Wildman–Crippen LogP) is 2.71. The minimum atomic E-state index is -0.400. The molecule has 0 aliphatic heterocycles. The lowest BCUT2D eigenvalue weighted by Crippen LogP contribution is -2.30. The highest BCUT2D eigenvalue weighted by Gasteiger charge is 2.18. The number of H-pyrrole nitrogens is 1. The molecule has 0 unspecified atom stereocenters. The molecule has 0 spiro atoms. The summed E-state index contributed by atoms with van der Waals surface area (Å²) >= 11 is 0. The fourth-order valence-electron chi connectivity index (χ4n) is 2.93. The van der Waals surface area contributed by atoms with Gasteiger partial charge in [-0.3, -0.25) is 9.59 Å². The molecule has 1 aromatic heterocycles. The summed E-state index contributed by atoms with van der Waals surface area (Å²) in [5.74, 6) is -0.718. The molecule has 5 heteroatoms. The maximum absolute atomic E-state index is 12.9. The van der Waals surface area contributed by atoms with E-state index in [1.807, 2.05) is 0 Å². The van der Waals surface area contributed by atoms with Crippen molar-refractivity contribution in [2.24, 2.45) is 0 Å². The van der Waals surface area contributed by atoms with Crippen molar-refractivity contribution in [3.8, 4) is 0 Å². The van der Waals surface area contributed by atoms with Gasteiger partial charge >= 0.3 is 0 Å². The molecule has 1 aliphatic carbocycles. The van der Waals surface area contributed by atoms with Crippen molar-refractivity contribution in [3.63, 3.8) is 0 Å². The largest absolute Gasteiger partial charge is 0.364 e. The Bertz CT molecular complexity index is 766. The van der Waals surface area contributed by atoms with Gasteiger partial charge in [-0.25, -0.2) is 4.39 Å². The van der Waals surface area contributed by atoms with Gasteiger partial charge < -0.3 is 10.3 Å². The van der Waals surface area contributed by atoms with Crippen molar-refractivity contribution in [2.45, 2.75) is 38.6 Å². The number of aromatic nitrogens is 1. The van der Waals surface area contributed by atoms with Crippen molar-refractivity contribution >= 4 is 5.91 Å². The zero-order valence-electron chi connectivity index (χ0n) is 12.8. The van der Waals surface area contributed by atoms with E-state index in [-0.39, 0.29) is 23.4 Å². The van der Waals surface area contributed by atoms with E-state index in [0.29, 0.717) is 0 Å². The maximum atomic E-state index is 12.9. The van der Waals surface area contributed by atoms with Gasteiger partial charge in [0.15, 0.2) is 5.43 Å². The van der Waals surface area contributed by atoms with E-state index >= 15 is 0 Å². The number of halogens is 1. The highest BCUT2D eigenvalue weighted by molar-refractivity contribution is 5.94. The van der Waals surface area contributed by atoms with Crippen molar-refractivity contribution in [1.82, 2.24) is 10.3 Å². The second-order valence-corrected chi connectivity index (χ2v) is 5.86. The number of hydrogen-bond donors (Lipinski definition) is 2. The molecule has 0 atom stereocenters. The number of carbonyl (C=O) groups is 1. The number of fused-ring (bicyclic) bond motifs is 1. The third kappa shape index (κ3) is 3.50. The van der Waals surface area contributed by atoms with E-state index in [0.717, 1.165) is 48.9 Å². The average Bonchev–Trinajstić information content (AvgIpc) is 2.80. The Labute approximate surface area is 133 Å². The van der Waals surface area contributed by atoms with E-state index in [1.54, 1.807) is 12.1 Å². The normalized spacial score (nSPS) is 14.0. The quantitative estimate of drug-likeness (QED) is 0.856. The summed E-state index contributed by atoms with van der Waals surface area (Å²) in [6.45, 7) is 0.260. The summed E-state index contributed by atoms with van der Waals surface area (Å²) in [7, 11) is 0. The number of benzene rings is 1. The van der Waals surface area contributed by atoms with Crippen LogP contribution < -0.4 is 10.7 Å². The van der Waals surface area contributed by atoms with Crippen LogP contribution in [0.5, 0.6) is 0 Å². The highest BCUT2D eigenvalue weighted by atomic mass is 19.1. The van der Waals surface area contributed by atoms with Crippen LogP contribution >= 0.6 is 0 Å². The van der Waals surface area contributed by atoms with E-state index in [4.69, 9.17) is 0 Å². The van der Waals surface area contributed by atoms with Crippen LogP contribution in [0.25, 0.3) is 0 Å². The monoisotopic (exact) mass is 314 g/mol. The summed E-state index contributed by atoms with van der Waals surface area (Å²) in [6.07, 6.45) is 6.25. The molecule has 3 rings (SSSR count). The first-order chi connectivity index (χ1) is 11.1. The summed E-state index contributed by atoms with van der Waals surface area (Å²) in [5.41, 5.74) is 2.47. The average molecular weight is 314 g/mol. The second kappa shape index (κ2) is 6.77. The molecular formula is C18H19FN2O2. The summed E-state index contributed by atoms with van der Waals surface area (Å²) in [6, 6.07) is 5.90. The van der Waals surface area contributed by atoms with Crippen LogP contribution in [0.3, 0.4) is 0 Å². The van der Waals surface area contributed by atoms with Crippen LogP contribution in [0.4, 0.5) is 4.39 Å². The zero-order chi connectivity index (χ0) is 16.2. The maximum Gasteiger partial charge on any atom is 0.257 e. The molecule has 0 saturated carbocycles. The van der Waals surface area contributed by atoms with Crippen molar-refractivity contribution in [3.05, 3.63) is 68.9 Å². The SMILES string of the molecule is O=C(NCc1ccc(F)cc1)c1c[nH]c2c(c1=O)CCCCC2. The summed E-state index contributed by atoms with van der Waals surface area (Å²) < 4.78 is 12.9. The Morgan fingerprint density at radius 1 is 1.13 bits per heavy atom. The van der Waals surface area contributed by atoms with E-state index in [2.05, 4.69) is 10.3 Å². The third-order valence-corrected chi connectivity index (χ3v) is 4.24. The molecule has 1 heterocycles. The standard InChI is InChI=1S/C18H19FN2O2/c19-13-8-6-12(7-9-13)10-21-18(23)15-11-20-16-5-3-1-2-4-14(16)17(15)22/h6-9,11H,1-5,10H2,(H,20,22)(H,21,23). The predicted molar refractivity (Wildman–Crippen MR) is 85.9 cm³/mol. The molecule has 23 heavy (non-hydrogen) atoms. The van der Waals surface area contributed by atoms with Crippen molar-refractivity contribution in [1.29, 1.82) is 0 Å². The first kappa shape index (κ1) is 15.5. The summed E-state index contributed by atoms with van der Waals surface area (Å²) in [5, 5.41) is 2.72. The van der Waals surface area contributed by atoms with Gasteiger partial charge in [0, 0.05) is 24.0 Å². The third-order valence-electron chi connectivity index (χ3n) is 4.24. The van der Waals surface area contributed by atoms with Gasteiger partial charge in [0.2, 0.25) is 0 Å². The van der Waals surface area contributed by atoms with Gasteiger partial charge in [0.05, 0.1) is 0 Å². The van der Waals surface area contributed by atoms with Gasteiger partial charge in [-0.05, 0) is 43.4 Å². The van der Waals surface area contributed by atoms with Gasteiger partial charge in [-0.2, -0.15) is 0 Å². The Hall–Kier alpha value is -2.43. The lowest BCUT2D eigenvalue weighted by molar-refractivity contribution is 0.0949. The number of hydrogen-bond acceptors (Lipinski definition) is 2. The molecule has 1 aromatic carbocycles. The Morgan fingerprint density at radius 2 is 1.87 bits per heavy atom. The lowest BCUT2D eigenvalue weighted by atomic mass is 10.1. The van der Waals surface area contributed by atoms with Crippen LogP contribution in [-0.2, 0) is 19.4 Å². The van der Waals surface area contributed by atoms with Crippen LogP contribution in [0, 0.1) is 5.82 Å². The number of aromatic amines is 1. The molecule has 2 N–H and O–H groups in total. The minimum Gasteiger partial charge on any atom is -0.364 e. The first-order valence-corrected chi connectivity index (χ1v) is 7.91. The molecule has 2 aromatic rings. The molecule has 0 fully saturated rings. The molecule has 120 valence electrons. The molecule has 0 radical (unpaired) electrons. The van der Waals surface area contributed by atoms with Gasteiger partial charge in [0.1, 0.15) is 11.4 Å². The van der Waals surface area contributed by atoms with Crippen LogP contribution in [0.1, 0.15) is 46.4 Å². The minimum absolute atomic E-state index is 0.146. The van der Waals surface area contributed by atoms with E-state index < -0.39 is 5.91 Å². The van der Waals surface area contributed by atoms with E-state index in [1.165, 1.54) is 18.3 Å². The fourth-order valence-corrected chi connectivity index (χ4v) is 2.93. The van der Waals surface area contributed by atoms with Gasteiger partial charge in [0.25, 0.3) is 5.91 Å². The number of amides is 1. The molecule has 4 nitrogen and oxygen atoms in total.